The fraction of sp³-hybridized carbons (Fsp3) is 0.533. The molecular formula is C15H18ClNO. The van der Waals surface area contributed by atoms with E-state index < -0.39 is 0 Å². The number of halogens is 1. The summed E-state index contributed by atoms with van der Waals surface area (Å²) >= 11 is 5.90. The van der Waals surface area contributed by atoms with Crippen LogP contribution in [0.15, 0.2) is 24.3 Å². The minimum absolute atomic E-state index is 0.175. The van der Waals surface area contributed by atoms with Crippen molar-refractivity contribution >= 4 is 17.4 Å². The molecule has 1 saturated heterocycles. The number of benzene rings is 1. The maximum atomic E-state index is 12.2. The Balaban J connectivity index is 1.78. The van der Waals surface area contributed by atoms with Gasteiger partial charge in [-0.1, -0.05) is 36.6 Å². The van der Waals surface area contributed by atoms with Crippen LogP contribution < -0.4 is 5.32 Å². The minimum Gasteiger partial charge on any atom is -0.306 e. The van der Waals surface area contributed by atoms with Gasteiger partial charge >= 0.3 is 0 Å². The minimum atomic E-state index is 0.175. The van der Waals surface area contributed by atoms with Gasteiger partial charge in [0.1, 0.15) is 5.78 Å². The average molecular weight is 264 g/mol. The van der Waals surface area contributed by atoms with E-state index in [-0.39, 0.29) is 12.0 Å². The van der Waals surface area contributed by atoms with Crippen molar-refractivity contribution in [3.05, 3.63) is 34.9 Å². The number of nitrogens with one attached hydrogen (secondary N) is 1. The topological polar surface area (TPSA) is 29.1 Å². The number of ketones is 1. The van der Waals surface area contributed by atoms with Crippen LogP contribution in [0.4, 0.5) is 0 Å². The molecule has 2 nitrogen and oxygen atoms in total. The molecule has 1 heterocycles. The van der Waals surface area contributed by atoms with E-state index in [4.69, 9.17) is 11.6 Å². The molecule has 3 rings (SSSR count). The lowest BCUT2D eigenvalue weighted by atomic mass is 9.76. The molecule has 3 heteroatoms. The maximum Gasteiger partial charge on any atom is 0.139 e. The molecule has 1 aromatic rings. The Kier molecular flexibility index (Phi) is 3.40. The Morgan fingerprint density at radius 3 is 2.61 bits per heavy atom. The van der Waals surface area contributed by atoms with Crippen molar-refractivity contribution in [2.24, 2.45) is 5.92 Å². The van der Waals surface area contributed by atoms with Gasteiger partial charge in [-0.15, -0.1) is 0 Å². The van der Waals surface area contributed by atoms with Crippen LogP contribution in [0.2, 0.25) is 5.02 Å². The van der Waals surface area contributed by atoms with Crippen LogP contribution in [0.1, 0.15) is 43.7 Å². The van der Waals surface area contributed by atoms with Crippen LogP contribution in [0, 0.1) is 5.92 Å². The van der Waals surface area contributed by atoms with Crippen molar-refractivity contribution in [2.45, 2.75) is 44.2 Å². The molecule has 3 atom stereocenters. The van der Waals surface area contributed by atoms with E-state index in [0.29, 0.717) is 18.2 Å². The fourth-order valence-corrected chi connectivity index (χ4v) is 3.42. The van der Waals surface area contributed by atoms with E-state index in [2.05, 4.69) is 5.32 Å². The third-order valence-corrected chi connectivity index (χ3v) is 4.52. The van der Waals surface area contributed by atoms with Crippen LogP contribution in [-0.4, -0.2) is 11.8 Å². The van der Waals surface area contributed by atoms with Crippen molar-refractivity contribution in [3.8, 4) is 0 Å². The smallest absolute Gasteiger partial charge is 0.139 e. The second-order valence-electron chi connectivity index (χ2n) is 5.44. The summed E-state index contributed by atoms with van der Waals surface area (Å²) in [6.07, 6.45) is 5.29. The summed E-state index contributed by atoms with van der Waals surface area (Å²) in [6, 6.07) is 8.41. The molecule has 0 spiro atoms. The second kappa shape index (κ2) is 5.02. The first kappa shape index (κ1) is 12.2. The third-order valence-electron chi connectivity index (χ3n) is 4.27. The lowest BCUT2D eigenvalue weighted by Gasteiger charge is -2.39. The van der Waals surface area contributed by atoms with Gasteiger partial charge in [0.2, 0.25) is 0 Å². The van der Waals surface area contributed by atoms with Crippen LogP contribution in [-0.2, 0) is 4.79 Å². The SMILES string of the molecule is O=C1CC(c2ccc(Cl)cc2)NC2CCCCC12. The lowest BCUT2D eigenvalue weighted by molar-refractivity contribution is -0.127. The summed E-state index contributed by atoms with van der Waals surface area (Å²) in [5.74, 6) is 0.709. The Morgan fingerprint density at radius 2 is 1.83 bits per heavy atom. The predicted octanol–water partition coefficient (Wildman–Crippen LogP) is 3.50. The van der Waals surface area contributed by atoms with E-state index in [1.807, 2.05) is 24.3 Å². The zero-order valence-electron chi connectivity index (χ0n) is 10.4. The summed E-state index contributed by atoms with van der Waals surface area (Å²) in [6.45, 7) is 0. The molecule has 1 N–H and O–H groups in total. The van der Waals surface area contributed by atoms with Gasteiger partial charge in [0.25, 0.3) is 0 Å². The number of hydrogen-bond acceptors (Lipinski definition) is 2. The second-order valence-corrected chi connectivity index (χ2v) is 5.88. The highest BCUT2D eigenvalue weighted by atomic mass is 35.5. The van der Waals surface area contributed by atoms with Crippen molar-refractivity contribution in [1.29, 1.82) is 0 Å². The van der Waals surface area contributed by atoms with E-state index >= 15 is 0 Å². The maximum absolute atomic E-state index is 12.2. The van der Waals surface area contributed by atoms with Crippen molar-refractivity contribution in [1.82, 2.24) is 5.32 Å². The number of carbonyl (C=O) groups is 1. The first-order valence-corrected chi connectivity index (χ1v) is 7.16. The van der Waals surface area contributed by atoms with Crippen LogP contribution in [0.25, 0.3) is 0 Å². The number of Topliss-reactive ketones (excluding diaryl/α,β-unsaturated/α-hetero) is 1. The van der Waals surface area contributed by atoms with E-state index in [1.165, 1.54) is 18.4 Å². The first-order valence-electron chi connectivity index (χ1n) is 6.78. The largest absolute Gasteiger partial charge is 0.306 e. The summed E-state index contributed by atoms with van der Waals surface area (Å²) in [5, 5.41) is 4.40. The highest BCUT2D eigenvalue weighted by molar-refractivity contribution is 6.30. The number of fused-ring (bicyclic) bond motifs is 1. The molecule has 1 saturated carbocycles. The highest BCUT2D eigenvalue weighted by Crippen LogP contribution is 2.34. The molecule has 0 amide bonds. The highest BCUT2D eigenvalue weighted by Gasteiger charge is 2.37. The normalized spacial score (nSPS) is 32.1. The van der Waals surface area contributed by atoms with Gasteiger partial charge in [-0.3, -0.25) is 4.79 Å². The molecule has 0 bridgehead atoms. The lowest BCUT2D eigenvalue weighted by Crippen LogP contribution is -2.49. The van der Waals surface area contributed by atoms with Gasteiger partial charge in [0.05, 0.1) is 0 Å². The van der Waals surface area contributed by atoms with Crippen LogP contribution in [0.5, 0.6) is 0 Å². The van der Waals surface area contributed by atoms with Gasteiger partial charge in [-0.25, -0.2) is 0 Å². The zero-order chi connectivity index (χ0) is 12.5. The molecule has 2 fully saturated rings. The molecule has 18 heavy (non-hydrogen) atoms. The quantitative estimate of drug-likeness (QED) is 0.840. The Bertz CT molecular complexity index is 442. The molecule has 1 aromatic carbocycles. The van der Waals surface area contributed by atoms with Gasteiger partial charge < -0.3 is 5.32 Å². The Morgan fingerprint density at radius 1 is 1.11 bits per heavy atom. The molecule has 3 unspecified atom stereocenters. The summed E-state index contributed by atoms with van der Waals surface area (Å²) in [7, 11) is 0. The molecule has 0 radical (unpaired) electrons. The molecule has 1 aliphatic carbocycles. The van der Waals surface area contributed by atoms with Crippen molar-refractivity contribution in [2.75, 3.05) is 0 Å². The molecular weight excluding hydrogens is 246 g/mol. The Hall–Kier alpha value is -0.860. The summed E-state index contributed by atoms with van der Waals surface area (Å²) in [4.78, 5) is 12.2. The summed E-state index contributed by atoms with van der Waals surface area (Å²) < 4.78 is 0. The predicted molar refractivity (Wildman–Crippen MR) is 72.7 cm³/mol. The molecule has 0 aromatic heterocycles. The fourth-order valence-electron chi connectivity index (χ4n) is 3.29. The van der Waals surface area contributed by atoms with E-state index in [0.717, 1.165) is 17.9 Å². The zero-order valence-corrected chi connectivity index (χ0v) is 11.1. The average Bonchev–Trinajstić information content (AvgIpc) is 2.39. The monoisotopic (exact) mass is 263 g/mol. The van der Waals surface area contributed by atoms with Crippen molar-refractivity contribution in [3.63, 3.8) is 0 Å². The standard InChI is InChI=1S/C15H18ClNO/c16-11-7-5-10(6-8-11)14-9-15(18)12-3-1-2-4-13(12)17-14/h5-8,12-14,17H,1-4,9H2. The number of rotatable bonds is 1. The Labute approximate surface area is 113 Å². The van der Waals surface area contributed by atoms with E-state index in [9.17, 15) is 4.79 Å². The van der Waals surface area contributed by atoms with Gasteiger partial charge in [-0.05, 0) is 30.5 Å². The van der Waals surface area contributed by atoms with Crippen LogP contribution in [0.3, 0.4) is 0 Å². The molecule has 96 valence electrons. The number of carbonyl (C=O) groups excluding carboxylic acids is 1. The van der Waals surface area contributed by atoms with Gasteiger partial charge in [0, 0.05) is 29.4 Å². The van der Waals surface area contributed by atoms with Gasteiger partial charge in [-0.2, -0.15) is 0 Å². The third kappa shape index (κ3) is 2.32. The summed E-state index contributed by atoms with van der Waals surface area (Å²) in [5.41, 5.74) is 1.18. The number of piperidine rings is 1. The van der Waals surface area contributed by atoms with Crippen molar-refractivity contribution < 1.29 is 4.79 Å². The molecule has 2 aliphatic rings. The molecule has 1 aliphatic heterocycles. The van der Waals surface area contributed by atoms with Gasteiger partial charge in [0.15, 0.2) is 0 Å². The van der Waals surface area contributed by atoms with E-state index in [1.54, 1.807) is 0 Å². The first-order chi connectivity index (χ1) is 8.74. The number of hydrogen-bond donors (Lipinski definition) is 1. The van der Waals surface area contributed by atoms with Crippen LogP contribution >= 0.6 is 11.6 Å².